The Morgan fingerprint density at radius 2 is 1.50 bits per heavy atom. The molecule has 3 aromatic carbocycles. The van der Waals surface area contributed by atoms with Gasteiger partial charge in [0, 0.05) is 29.8 Å². The van der Waals surface area contributed by atoms with E-state index in [2.05, 4.69) is 20.6 Å². The molecule has 1 heterocycles. The summed E-state index contributed by atoms with van der Waals surface area (Å²) in [6.07, 6.45) is -1.42. The van der Waals surface area contributed by atoms with Crippen LogP contribution in [0, 0.1) is 12.0 Å². The quantitative estimate of drug-likeness (QED) is 0.0440. The summed E-state index contributed by atoms with van der Waals surface area (Å²) >= 11 is 5.78. The SMILES string of the molecule is COc1ccc(Nc2cc(S(=O)(=O)[O-])c(N)c3c2C(=O)c2ccccc2C3=O)c(S(=O)(=O)[O-])c1CNCc1nc(F)nc(F)c1Cl.[Na+].[Na+]. The van der Waals surface area contributed by atoms with Crippen LogP contribution in [0.25, 0.3) is 0 Å². The van der Waals surface area contributed by atoms with Crippen LogP contribution in [0.3, 0.4) is 0 Å². The molecule has 14 nitrogen and oxygen atoms in total. The van der Waals surface area contributed by atoms with E-state index in [-0.39, 0.29) is 87.2 Å². The molecule has 0 amide bonds. The number of ketones is 2. The molecule has 0 saturated carbocycles. The first-order valence-electron chi connectivity index (χ1n) is 12.7. The normalized spacial score (nSPS) is 12.4. The van der Waals surface area contributed by atoms with Gasteiger partial charge in [-0.2, -0.15) is 13.8 Å². The van der Waals surface area contributed by atoms with Crippen LogP contribution in [0.2, 0.25) is 5.02 Å². The molecular weight excluding hydrogens is 722 g/mol. The van der Waals surface area contributed by atoms with E-state index in [1.54, 1.807) is 0 Å². The van der Waals surface area contributed by atoms with Crippen molar-refractivity contribution in [3.05, 3.63) is 93.0 Å². The molecule has 0 atom stereocenters. The van der Waals surface area contributed by atoms with Crippen molar-refractivity contribution in [3.8, 4) is 5.75 Å². The Kier molecular flexibility index (Phi) is 12.5. The fourth-order valence-electron chi connectivity index (χ4n) is 4.95. The minimum absolute atomic E-state index is 0. The van der Waals surface area contributed by atoms with E-state index in [4.69, 9.17) is 22.1 Å². The van der Waals surface area contributed by atoms with Gasteiger partial charge in [0.15, 0.2) is 11.6 Å². The molecule has 0 saturated heterocycles. The number of carbonyl (C=O) groups excluding carboxylic acids is 2. The van der Waals surface area contributed by atoms with Gasteiger partial charge in [-0.25, -0.2) is 21.8 Å². The van der Waals surface area contributed by atoms with Gasteiger partial charge in [0.1, 0.15) is 31.0 Å². The Morgan fingerprint density at radius 1 is 0.896 bits per heavy atom. The molecular formula is C27H18ClF2N5Na2O9S2. The number of hydrogen-bond acceptors (Lipinski definition) is 14. The van der Waals surface area contributed by atoms with Crippen molar-refractivity contribution in [2.24, 2.45) is 0 Å². The maximum atomic E-state index is 13.8. The first-order chi connectivity index (χ1) is 21.5. The molecule has 0 spiro atoms. The number of ether oxygens (including phenoxy) is 1. The summed E-state index contributed by atoms with van der Waals surface area (Å²) in [6.45, 7) is -0.954. The van der Waals surface area contributed by atoms with Gasteiger partial charge in [-0.15, -0.1) is 0 Å². The molecule has 1 aliphatic rings. The number of nitrogens with zero attached hydrogens (tertiary/aromatic N) is 2. The van der Waals surface area contributed by atoms with Crippen LogP contribution in [-0.2, 0) is 33.3 Å². The van der Waals surface area contributed by atoms with Crippen molar-refractivity contribution in [1.82, 2.24) is 15.3 Å². The summed E-state index contributed by atoms with van der Waals surface area (Å²) in [5, 5.41) is 4.54. The largest absolute Gasteiger partial charge is 1.00 e. The number of halogens is 3. The van der Waals surface area contributed by atoms with Gasteiger partial charge < -0.3 is 30.2 Å². The molecule has 0 fully saturated rings. The van der Waals surface area contributed by atoms with E-state index in [0.29, 0.717) is 6.07 Å². The van der Waals surface area contributed by atoms with Crippen molar-refractivity contribution in [2.75, 3.05) is 18.2 Å². The number of rotatable bonds is 9. The van der Waals surface area contributed by atoms with Crippen molar-refractivity contribution in [1.29, 1.82) is 0 Å². The fourth-order valence-corrected chi connectivity index (χ4v) is 6.60. The average molecular weight is 740 g/mol. The molecule has 5 rings (SSSR count). The Balaban J connectivity index is 0.00000312. The van der Waals surface area contributed by atoms with E-state index >= 15 is 0 Å². The number of carbonyl (C=O) groups is 2. The maximum absolute atomic E-state index is 13.8. The zero-order valence-electron chi connectivity index (χ0n) is 25.1. The van der Waals surface area contributed by atoms with Crippen LogP contribution in [0.5, 0.6) is 5.75 Å². The Hall–Kier alpha value is -2.59. The Morgan fingerprint density at radius 3 is 2.06 bits per heavy atom. The van der Waals surface area contributed by atoms with Crippen molar-refractivity contribution in [3.63, 3.8) is 0 Å². The summed E-state index contributed by atoms with van der Waals surface area (Å²) < 4.78 is 107. The molecule has 240 valence electrons. The molecule has 0 bridgehead atoms. The number of methoxy groups -OCH3 is 1. The predicted molar refractivity (Wildman–Crippen MR) is 154 cm³/mol. The summed E-state index contributed by atoms with van der Waals surface area (Å²) in [5.74, 6) is -3.21. The maximum Gasteiger partial charge on any atom is 1.00 e. The van der Waals surface area contributed by atoms with Gasteiger partial charge in [-0.05, 0) is 18.2 Å². The van der Waals surface area contributed by atoms with Crippen molar-refractivity contribution in [2.45, 2.75) is 22.9 Å². The second-order valence-corrected chi connectivity index (χ2v) is 12.6. The van der Waals surface area contributed by atoms with Crippen LogP contribution in [0.15, 0.2) is 52.3 Å². The van der Waals surface area contributed by atoms with Crippen molar-refractivity contribution < 1.29 is 108 Å². The van der Waals surface area contributed by atoms with Crippen LogP contribution in [0.4, 0.5) is 25.8 Å². The van der Waals surface area contributed by atoms with E-state index in [9.17, 15) is 44.3 Å². The third-order valence-corrected chi connectivity index (χ3v) is 9.09. The van der Waals surface area contributed by atoms with Gasteiger partial charge in [-0.3, -0.25) is 9.59 Å². The third-order valence-electron chi connectivity index (χ3n) is 6.87. The minimum atomic E-state index is -5.44. The zero-order valence-corrected chi connectivity index (χ0v) is 31.4. The van der Waals surface area contributed by atoms with Crippen LogP contribution < -0.4 is 80.2 Å². The monoisotopic (exact) mass is 739 g/mol. The second kappa shape index (κ2) is 15.1. The number of aromatic nitrogens is 2. The van der Waals surface area contributed by atoms with Crippen molar-refractivity contribution >= 4 is 60.5 Å². The van der Waals surface area contributed by atoms with Gasteiger partial charge in [0.2, 0.25) is 5.95 Å². The first-order valence-corrected chi connectivity index (χ1v) is 15.9. The number of hydrogen-bond donors (Lipinski definition) is 3. The minimum Gasteiger partial charge on any atom is -0.744 e. The van der Waals surface area contributed by atoms with E-state index in [0.717, 1.165) is 13.2 Å². The van der Waals surface area contributed by atoms with Gasteiger partial charge in [0.05, 0.1) is 50.8 Å². The van der Waals surface area contributed by atoms with Crippen LogP contribution in [-0.4, -0.2) is 54.6 Å². The van der Waals surface area contributed by atoms with E-state index in [1.165, 1.54) is 30.3 Å². The van der Waals surface area contributed by atoms with Gasteiger partial charge in [-0.1, -0.05) is 35.9 Å². The number of nitrogen functional groups attached to an aromatic ring is 1. The molecule has 4 aromatic rings. The Labute approximate surface area is 320 Å². The van der Waals surface area contributed by atoms with Gasteiger partial charge in [0.25, 0.3) is 0 Å². The molecule has 48 heavy (non-hydrogen) atoms. The average Bonchev–Trinajstić information content (AvgIpc) is 2.97. The third kappa shape index (κ3) is 7.59. The summed E-state index contributed by atoms with van der Waals surface area (Å²) in [6, 6.07) is 8.44. The first kappa shape index (κ1) is 39.8. The number of anilines is 3. The molecule has 21 heteroatoms. The van der Waals surface area contributed by atoms with E-state index < -0.39 is 99.9 Å². The molecule has 0 radical (unpaired) electrons. The van der Waals surface area contributed by atoms with Gasteiger partial charge >= 0.3 is 65.2 Å². The van der Waals surface area contributed by atoms with Crippen LogP contribution in [0.1, 0.15) is 43.1 Å². The molecule has 1 aliphatic carbocycles. The summed E-state index contributed by atoms with van der Waals surface area (Å²) in [5.41, 5.74) is 2.12. The molecule has 0 aliphatic heterocycles. The zero-order chi connectivity index (χ0) is 33.7. The standard InChI is InChI=1S/C27H20ClF2N5O9S2.2Na/c1-44-17-7-6-14(25(46(41,42)43)13(17)9-32-10-16-21(28)26(29)35-27(30)34-16)33-15-8-18(45(38,39)40)22(31)20-19(15)23(36)11-4-2-3-5-12(11)24(20)37;;/h2-8,32-33H,9-10,31H2,1H3,(H,38,39,40)(H,41,42,43);;/q;2*+1/p-2. The smallest absolute Gasteiger partial charge is 0.744 e. The predicted octanol–water partition coefficient (Wildman–Crippen LogP) is -3.38. The topological polar surface area (TPSA) is 234 Å². The summed E-state index contributed by atoms with van der Waals surface area (Å²) in [4.78, 5) is 31.2. The van der Waals surface area contributed by atoms with E-state index in [1.807, 2.05) is 0 Å². The fraction of sp³-hybridized carbons (Fsp3) is 0.111. The molecule has 1 aromatic heterocycles. The molecule has 4 N–H and O–H groups in total. The molecule has 0 unspecified atom stereocenters. The second-order valence-electron chi connectivity index (χ2n) is 9.59. The number of nitrogens with one attached hydrogen (secondary N) is 2. The Bertz CT molecular complexity index is 2210. The van der Waals surface area contributed by atoms with Crippen LogP contribution >= 0.6 is 11.6 Å². The number of nitrogens with two attached hydrogens (primary N) is 1. The number of fused-ring (bicyclic) bond motifs is 2. The summed E-state index contributed by atoms with van der Waals surface area (Å²) in [7, 11) is -9.65. The number of benzene rings is 3.